The Morgan fingerprint density at radius 3 is 2.48 bits per heavy atom. The second-order valence-corrected chi connectivity index (χ2v) is 7.95. The second-order valence-electron chi connectivity index (χ2n) is 6.20. The van der Waals surface area contributed by atoms with Gasteiger partial charge in [0.1, 0.15) is 0 Å². The van der Waals surface area contributed by atoms with Crippen LogP contribution in [0, 0.1) is 6.92 Å². The molecule has 1 heterocycles. The molecule has 0 fully saturated rings. The van der Waals surface area contributed by atoms with Gasteiger partial charge in [-0.15, -0.1) is 16.8 Å². The first-order valence-corrected chi connectivity index (χ1v) is 9.83. The van der Waals surface area contributed by atoms with Gasteiger partial charge in [0.25, 0.3) is 0 Å². The monoisotopic (exact) mass is 397 g/mol. The number of rotatable bonds is 7. The number of carbonyl (C=O) groups is 1. The lowest BCUT2D eigenvalue weighted by Gasteiger charge is -2.12. The fraction of sp³-hybridized carbons (Fsp3) is 0.190. The maximum absolute atomic E-state index is 12.7. The van der Waals surface area contributed by atoms with Gasteiger partial charge in [0.05, 0.1) is 5.25 Å². The molecular weight excluding hydrogens is 378 g/mol. The van der Waals surface area contributed by atoms with Crippen molar-refractivity contribution in [3.05, 3.63) is 77.3 Å². The zero-order valence-electron chi connectivity index (χ0n) is 15.2. The standard InChI is InChI=1S/C21H20ClN3OS/c1-4-13-25-20(17-9-11-18(22)12-10-17)23-24-21(25)27-15(3)19(26)16-7-5-14(2)6-8-16/h4-12,15H,1,13H2,2-3H3. The van der Waals surface area contributed by atoms with Gasteiger partial charge in [0.2, 0.25) is 0 Å². The van der Waals surface area contributed by atoms with E-state index in [1.54, 1.807) is 6.08 Å². The Labute approximate surface area is 168 Å². The zero-order chi connectivity index (χ0) is 19.4. The molecule has 6 heteroatoms. The van der Waals surface area contributed by atoms with Crippen molar-refractivity contribution < 1.29 is 4.79 Å². The van der Waals surface area contributed by atoms with E-state index >= 15 is 0 Å². The number of ketones is 1. The van der Waals surface area contributed by atoms with E-state index in [-0.39, 0.29) is 11.0 Å². The van der Waals surface area contributed by atoms with Crippen LogP contribution >= 0.6 is 23.4 Å². The third-order valence-corrected chi connectivity index (χ3v) is 5.45. The Kier molecular flexibility index (Phi) is 6.14. The number of halogens is 1. The lowest BCUT2D eigenvalue weighted by Crippen LogP contribution is -2.14. The quantitative estimate of drug-likeness (QED) is 0.302. The highest BCUT2D eigenvalue weighted by Crippen LogP contribution is 2.29. The second kappa shape index (κ2) is 8.55. The number of carbonyl (C=O) groups excluding carboxylic acids is 1. The minimum Gasteiger partial charge on any atom is -0.298 e. The number of aromatic nitrogens is 3. The summed E-state index contributed by atoms with van der Waals surface area (Å²) < 4.78 is 1.96. The Hall–Kier alpha value is -2.37. The van der Waals surface area contributed by atoms with Crippen LogP contribution in [0.2, 0.25) is 5.02 Å². The van der Waals surface area contributed by atoms with Crippen LogP contribution in [0.5, 0.6) is 0 Å². The van der Waals surface area contributed by atoms with Crippen LogP contribution in [0.3, 0.4) is 0 Å². The lowest BCUT2D eigenvalue weighted by molar-refractivity contribution is 0.0994. The summed E-state index contributed by atoms with van der Waals surface area (Å²) >= 11 is 7.38. The van der Waals surface area contributed by atoms with Crippen LogP contribution < -0.4 is 0 Å². The van der Waals surface area contributed by atoms with Gasteiger partial charge in [0, 0.05) is 22.7 Å². The molecule has 1 aromatic heterocycles. The summed E-state index contributed by atoms with van der Waals surface area (Å²) in [6.07, 6.45) is 1.79. The fourth-order valence-electron chi connectivity index (χ4n) is 2.65. The molecule has 0 spiro atoms. The van der Waals surface area contributed by atoms with Crippen molar-refractivity contribution in [2.75, 3.05) is 0 Å². The normalized spacial score (nSPS) is 12.0. The third kappa shape index (κ3) is 4.49. The van der Waals surface area contributed by atoms with Crippen LogP contribution in [-0.4, -0.2) is 25.8 Å². The Balaban J connectivity index is 1.85. The molecule has 138 valence electrons. The maximum atomic E-state index is 12.7. The van der Waals surface area contributed by atoms with E-state index in [0.717, 1.165) is 17.0 Å². The fourth-order valence-corrected chi connectivity index (χ4v) is 3.71. The molecule has 3 rings (SSSR count). The highest BCUT2D eigenvalue weighted by Gasteiger charge is 2.21. The van der Waals surface area contributed by atoms with E-state index in [4.69, 9.17) is 11.6 Å². The smallest absolute Gasteiger partial charge is 0.192 e. The third-order valence-electron chi connectivity index (χ3n) is 4.12. The minimum absolute atomic E-state index is 0.0706. The first-order valence-electron chi connectivity index (χ1n) is 8.57. The maximum Gasteiger partial charge on any atom is 0.192 e. The van der Waals surface area contributed by atoms with Gasteiger partial charge in [-0.1, -0.05) is 59.3 Å². The summed E-state index contributed by atoms with van der Waals surface area (Å²) in [6, 6.07) is 15.1. The molecule has 2 aromatic carbocycles. The minimum atomic E-state index is -0.279. The predicted molar refractivity (Wildman–Crippen MR) is 111 cm³/mol. The van der Waals surface area contributed by atoms with E-state index in [1.807, 2.05) is 66.9 Å². The number of thioether (sulfide) groups is 1. The average Bonchev–Trinajstić information content (AvgIpc) is 3.05. The Morgan fingerprint density at radius 2 is 1.85 bits per heavy atom. The summed E-state index contributed by atoms with van der Waals surface area (Å²) in [5.74, 6) is 0.797. The van der Waals surface area contributed by atoms with Gasteiger partial charge in [-0.3, -0.25) is 9.36 Å². The SMILES string of the molecule is C=CCn1c(SC(C)C(=O)c2ccc(C)cc2)nnc1-c1ccc(Cl)cc1. The number of hydrogen-bond acceptors (Lipinski definition) is 4. The first kappa shape index (κ1) is 19.4. The van der Waals surface area contributed by atoms with Crippen molar-refractivity contribution in [3.63, 3.8) is 0 Å². The largest absolute Gasteiger partial charge is 0.298 e. The van der Waals surface area contributed by atoms with E-state index in [1.165, 1.54) is 11.8 Å². The summed E-state index contributed by atoms with van der Waals surface area (Å²) in [7, 11) is 0. The molecule has 4 nitrogen and oxygen atoms in total. The summed E-state index contributed by atoms with van der Waals surface area (Å²) in [6.45, 7) is 8.27. The lowest BCUT2D eigenvalue weighted by atomic mass is 10.1. The highest BCUT2D eigenvalue weighted by molar-refractivity contribution is 8.00. The van der Waals surface area contributed by atoms with Gasteiger partial charge in [-0.2, -0.15) is 0 Å². The molecule has 1 atom stereocenters. The van der Waals surface area contributed by atoms with Crippen molar-refractivity contribution in [1.29, 1.82) is 0 Å². The van der Waals surface area contributed by atoms with E-state index in [0.29, 0.717) is 22.3 Å². The Bertz CT molecular complexity index is 949. The van der Waals surface area contributed by atoms with Crippen molar-refractivity contribution >= 4 is 29.1 Å². The van der Waals surface area contributed by atoms with Crippen LogP contribution in [-0.2, 0) is 6.54 Å². The number of Topliss-reactive ketones (excluding diaryl/α,β-unsaturated/α-hetero) is 1. The molecule has 0 bridgehead atoms. The molecule has 0 aliphatic rings. The molecule has 0 radical (unpaired) electrons. The molecule has 0 aliphatic heterocycles. The number of nitrogens with zero attached hydrogens (tertiary/aromatic N) is 3. The Morgan fingerprint density at radius 1 is 1.19 bits per heavy atom. The average molecular weight is 398 g/mol. The first-order chi connectivity index (χ1) is 13.0. The van der Waals surface area contributed by atoms with Gasteiger partial charge in [0.15, 0.2) is 16.8 Å². The topological polar surface area (TPSA) is 47.8 Å². The van der Waals surface area contributed by atoms with Crippen molar-refractivity contribution in [3.8, 4) is 11.4 Å². The summed E-state index contributed by atoms with van der Waals surface area (Å²) in [5.41, 5.74) is 2.75. The van der Waals surface area contributed by atoms with E-state index in [2.05, 4.69) is 16.8 Å². The summed E-state index contributed by atoms with van der Waals surface area (Å²) in [4.78, 5) is 12.7. The van der Waals surface area contributed by atoms with Crippen LogP contribution in [0.4, 0.5) is 0 Å². The summed E-state index contributed by atoms with van der Waals surface area (Å²) in [5, 5.41) is 9.70. The molecule has 0 aliphatic carbocycles. The van der Waals surface area contributed by atoms with E-state index in [9.17, 15) is 4.79 Å². The van der Waals surface area contributed by atoms with Crippen LogP contribution in [0.1, 0.15) is 22.8 Å². The molecule has 3 aromatic rings. The molecule has 0 saturated heterocycles. The molecule has 0 amide bonds. The van der Waals surface area contributed by atoms with E-state index < -0.39 is 0 Å². The van der Waals surface area contributed by atoms with Crippen molar-refractivity contribution in [2.24, 2.45) is 0 Å². The molecule has 27 heavy (non-hydrogen) atoms. The number of allylic oxidation sites excluding steroid dienone is 1. The molecule has 1 unspecified atom stereocenters. The van der Waals surface area contributed by atoms with Gasteiger partial charge >= 0.3 is 0 Å². The van der Waals surface area contributed by atoms with Crippen molar-refractivity contribution in [1.82, 2.24) is 14.8 Å². The molecule has 0 N–H and O–H groups in total. The number of hydrogen-bond donors (Lipinski definition) is 0. The predicted octanol–water partition coefficient (Wildman–Crippen LogP) is 5.46. The highest BCUT2D eigenvalue weighted by atomic mass is 35.5. The van der Waals surface area contributed by atoms with Crippen molar-refractivity contribution in [2.45, 2.75) is 30.8 Å². The zero-order valence-corrected chi connectivity index (χ0v) is 16.8. The number of aryl methyl sites for hydroxylation is 1. The van der Waals surface area contributed by atoms with Gasteiger partial charge in [-0.05, 0) is 38.1 Å². The molecular formula is C21H20ClN3OS. The molecule has 0 saturated carbocycles. The number of benzene rings is 2. The van der Waals surface area contributed by atoms with Gasteiger partial charge < -0.3 is 0 Å². The van der Waals surface area contributed by atoms with Crippen LogP contribution in [0.15, 0.2) is 66.3 Å². The van der Waals surface area contributed by atoms with Crippen LogP contribution in [0.25, 0.3) is 11.4 Å². The van der Waals surface area contributed by atoms with Gasteiger partial charge in [-0.25, -0.2) is 0 Å².